The number of fused-ring (bicyclic) bond motifs is 1. The second-order valence-electron chi connectivity index (χ2n) is 8.46. The average molecular weight is 456 g/mol. The van der Waals surface area contributed by atoms with Crippen molar-refractivity contribution < 1.29 is 18.7 Å². The van der Waals surface area contributed by atoms with Crippen LogP contribution in [0, 0.1) is 11.3 Å². The van der Waals surface area contributed by atoms with Crippen LogP contribution in [0.3, 0.4) is 0 Å². The van der Waals surface area contributed by atoms with Gasteiger partial charge in [-0.3, -0.25) is 9.36 Å². The van der Waals surface area contributed by atoms with Gasteiger partial charge in [0.1, 0.15) is 29.9 Å². The number of hydrogen-bond donors (Lipinski definition) is 3. The first kappa shape index (κ1) is 24.1. The van der Waals surface area contributed by atoms with Gasteiger partial charge in [-0.25, -0.2) is 18.7 Å². The molecule has 2 unspecified atom stereocenters. The molecule has 0 aromatic carbocycles. The van der Waals surface area contributed by atoms with Crippen molar-refractivity contribution in [2.75, 3.05) is 11.9 Å². The molecule has 0 saturated heterocycles. The Bertz CT molecular complexity index is 1200. The summed E-state index contributed by atoms with van der Waals surface area (Å²) in [6.07, 6.45) is 1.60. The third-order valence-electron chi connectivity index (χ3n) is 5.32. The Labute approximate surface area is 190 Å². The van der Waals surface area contributed by atoms with E-state index < -0.39 is 36.4 Å². The van der Waals surface area contributed by atoms with Gasteiger partial charge in [-0.1, -0.05) is 0 Å². The Morgan fingerprint density at radius 2 is 2.00 bits per heavy atom. The van der Waals surface area contributed by atoms with E-state index in [9.17, 15) is 18.7 Å². The molecule has 3 N–H and O–H groups in total. The van der Waals surface area contributed by atoms with Gasteiger partial charge in [0.25, 0.3) is 5.91 Å². The highest BCUT2D eigenvalue weighted by Crippen LogP contribution is 2.24. The highest BCUT2D eigenvalue weighted by molar-refractivity contribution is 5.99. The van der Waals surface area contributed by atoms with Crippen molar-refractivity contribution >= 4 is 22.6 Å². The van der Waals surface area contributed by atoms with Crippen LogP contribution >= 0.6 is 0 Å². The molecular weight excluding hydrogens is 430 g/mol. The Balaban J connectivity index is 1.97. The maximum Gasteiger partial charge on any atom is 0.255 e. The normalized spacial score (nSPS) is 14.4. The smallest absolute Gasteiger partial charge is 0.255 e. The predicted octanol–water partition coefficient (Wildman–Crippen LogP) is 3.29. The molecule has 0 radical (unpaired) electrons. The summed E-state index contributed by atoms with van der Waals surface area (Å²) in [6.45, 7) is 5.26. The lowest BCUT2D eigenvalue weighted by Gasteiger charge is -2.23. The number of nitrogens with zero attached hydrogens (tertiary/aromatic N) is 4. The van der Waals surface area contributed by atoms with E-state index in [1.807, 2.05) is 6.07 Å². The Kier molecular flexibility index (Phi) is 6.93. The van der Waals surface area contributed by atoms with Gasteiger partial charge in [-0.15, -0.1) is 0 Å². The van der Waals surface area contributed by atoms with Crippen LogP contribution in [0.25, 0.3) is 16.9 Å². The molecule has 3 aromatic rings. The number of anilines is 1. The summed E-state index contributed by atoms with van der Waals surface area (Å²) >= 11 is 0. The van der Waals surface area contributed by atoms with Gasteiger partial charge in [-0.2, -0.15) is 5.26 Å². The SMILES string of the molecule is CC(F)[C@H](C)Nc1cc(-n2ccc3cc(C#N)cnc32)ncc1C(=O)NCC(F)C(C)(C)O. The largest absolute Gasteiger partial charge is 0.387 e. The molecule has 0 aliphatic heterocycles. The van der Waals surface area contributed by atoms with Gasteiger partial charge >= 0.3 is 0 Å². The zero-order valence-corrected chi connectivity index (χ0v) is 18.8. The first-order chi connectivity index (χ1) is 15.5. The van der Waals surface area contributed by atoms with Gasteiger partial charge in [0.15, 0.2) is 0 Å². The number of carbonyl (C=O) groups excluding carboxylic acids is 1. The molecule has 8 nitrogen and oxygen atoms in total. The summed E-state index contributed by atoms with van der Waals surface area (Å²) < 4.78 is 29.6. The molecule has 10 heteroatoms. The number of pyridine rings is 2. The fourth-order valence-corrected chi connectivity index (χ4v) is 3.03. The zero-order chi connectivity index (χ0) is 24.3. The molecule has 1 amide bonds. The van der Waals surface area contributed by atoms with E-state index in [0.29, 0.717) is 22.7 Å². The number of aromatic nitrogens is 3. The minimum Gasteiger partial charge on any atom is -0.387 e. The molecule has 0 aliphatic rings. The number of nitriles is 1. The highest BCUT2D eigenvalue weighted by atomic mass is 19.1. The standard InChI is InChI=1S/C23H26F2N6O2/c1-13(24)14(2)30-18-8-20(31-6-5-16-7-15(9-26)10-28-21(16)31)27-11-17(18)22(32)29-12-19(25)23(3,4)33/h5-8,10-11,13-14,19,33H,12H2,1-4H3,(H,27,30)(H,29,32)/t13?,14-,19?/m0/s1. The Morgan fingerprint density at radius 3 is 2.64 bits per heavy atom. The number of carbonyl (C=O) groups is 1. The van der Waals surface area contributed by atoms with Gasteiger partial charge in [0, 0.05) is 30.0 Å². The van der Waals surface area contributed by atoms with Gasteiger partial charge < -0.3 is 15.7 Å². The van der Waals surface area contributed by atoms with Crippen molar-refractivity contribution in [1.29, 1.82) is 5.26 Å². The minimum atomic E-state index is -1.68. The molecule has 3 heterocycles. The lowest BCUT2D eigenvalue weighted by atomic mass is 10.0. The minimum absolute atomic E-state index is 0.102. The number of amides is 1. The fourth-order valence-electron chi connectivity index (χ4n) is 3.03. The van der Waals surface area contributed by atoms with Crippen LogP contribution in [0.5, 0.6) is 0 Å². The van der Waals surface area contributed by atoms with Crippen molar-refractivity contribution in [3.05, 3.63) is 47.9 Å². The number of rotatable bonds is 8. The zero-order valence-electron chi connectivity index (χ0n) is 18.8. The van der Waals surface area contributed by atoms with Crippen molar-refractivity contribution in [3.8, 4) is 11.9 Å². The monoisotopic (exact) mass is 456 g/mol. The molecule has 0 saturated carbocycles. The molecule has 0 fully saturated rings. The highest BCUT2D eigenvalue weighted by Gasteiger charge is 2.27. The van der Waals surface area contributed by atoms with Crippen LogP contribution in [0.15, 0.2) is 36.8 Å². The topological polar surface area (TPSA) is 116 Å². The Morgan fingerprint density at radius 1 is 1.27 bits per heavy atom. The van der Waals surface area contributed by atoms with Crippen LogP contribution in [-0.2, 0) is 0 Å². The fraction of sp³-hybridized carbons (Fsp3) is 0.391. The molecule has 3 rings (SSSR count). The van der Waals surface area contributed by atoms with Crippen LogP contribution in [0.1, 0.15) is 43.6 Å². The summed E-state index contributed by atoms with van der Waals surface area (Å²) in [5.41, 5.74) is -0.218. The van der Waals surface area contributed by atoms with E-state index in [1.165, 1.54) is 33.2 Å². The summed E-state index contributed by atoms with van der Waals surface area (Å²) in [6, 6.07) is 6.48. The maximum atomic E-state index is 14.1. The number of halogens is 2. The second kappa shape index (κ2) is 9.50. The molecule has 3 aromatic heterocycles. The second-order valence-corrected chi connectivity index (χ2v) is 8.46. The van der Waals surface area contributed by atoms with Crippen LogP contribution < -0.4 is 10.6 Å². The van der Waals surface area contributed by atoms with E-state index in [4.69, 9.17) is 5.26 Å². The van der Waals surface area contributed by atoms with Crippen molar-refractivity contribution in [2.45, 2.75) is 51.7 Å². The molecule has 0 aliphatic carbocycles. The molecule has 0 spiro atoms. The van der Waals surface area contributed by atoms with E-state index in [0.717, 1.165) is 5.39 Å². The van der Waals surface area contributed by atoms with Gasteiger partial charge in [0.05, 0.1) is 35.0 Å². The summed E-state index contributed by atoms with van der Waals surface area (Å²) in [7, 11) is 0. The molecule has 33 heavy (non-hydrogen) atoms. The van der Waals surface area contributed by atoms with Gasteiger partial charge in [0.2, 0.25) is 0 Å². The average Bonchev–Trinajstić information content (AvgIpc) is 3.19. The summed E-state index contributed by atoms with van der Waals surface area (Å²) in [5.74, 6) is -0.198. The van der Waals surface area contributed by atoms with E-state index in [2.05, 4.69) is 20.6 Å². The molecule has 0 bridgehead atoms. The van der Waals surface area contributed by atoms with Crippen molar-refractivity contribution in [2.24, 2.45) is 0 Å². The van der Waals surface area contributed by atoms with Crippen LogP contribution in [-0.4, -0.2) is 56.1 Å². The summed E-state index contributed by atoms with van der Waals surface area (Å²) in [4.78, 5) is 21.4. The van der Waals surface area contributed by atoms with Crippen LogP contribution in [0.2, 0.25) is 0 Å². The van der Waals surface area contributed by atoms with Crippen molar-refractivity contribution in [1.82, 2.24) is 19.9 Å². The first-order valence-corrected chi connectivity index (χ1v) is 10.4. The van der Waals surface area contributed by atoms with E-state index in [-0.39, 0.29) is 5.56 Å². The van der Waals surface area contributed by atoms with Crippen LogP contribution in [0.4, 0.5) is 14.5 Å². The Hall–Kier alpha value is -3.58. The van der Waals surface area contributed by atoms with E-state index in [1.54, 1.807) is 35.9 Å². The third-order valence-corrected chi connectivity index (χ3v) is 5.32. The number of aliphatic hydroxyl groups is 1. The van der Waals surface area contributed by atoms with E-state index >= 15 is 0 Å². The third kappa shape index (κ3) is 5.43. The lowest BCUT2D eigenvalue weighted by molar-refractivity contribution is -0.00177. The molecular formula is C23H26F2N6O2. The number of nitrogens with one attached hydrogen (secondary N) is 2. The lowest BCUT2D eigenvalue weighted by Crippen LogP contribution is -2.42. The maximum absolute atomic E-state index is 14.1. The van der Waals surface area contributed by atoms with Crippen molar-refractivity contribution in [3.63, 3.8) is 0 Å². The number of alkyl halides is 2. The molecule has 3 atom stereocenters. The molecule has 174 valence electrons. The summed E-state index contributed by atoms with van der Waals surface area (Å²) in [5, 5.41) is 25.0. The predicted molar refractivity (Wildman–Crippen MR) is 121 cm³/mol. The quantitative estimate of drug-likeness (QED) is 0.479. The first-order valence-electron chi connectivity index (χ1n) is 10.4. The van der Waals surface area contributed by atoms with Gasteiger partial charge in [-0.05, 0) is 39.8 Å². The number of hydrogen-bond acceptors (Lipinski definition) is 6.